The second-order valence-electron chi connectivity index (χ2n) is 9.75. The van der Waals surface area contributed by atoms with Crippen LogP contribution in [0.1, 0.15) is 51.7 Å². The first-order valence-corrected chi connectivity index (χ1v) is 14.5. The molecule has 9 heteroatoms. The molecular formula is C27H28N6OS2. The molecule has 7 nitrogen and oxygen atoms in total. The maximum atomic E-state index is 13.2. The zero-order valence-corrected chi connectivity index (χ0v) is 21.9. The van der Waals surface area contributed by atoms with Crippen molar-refractivity contribution in [2.24, 2.45) is 11.8 Å². The van der Waals surface area contributed by atoms with E-state index in [4.69, 9.17) is 4.98 Å². The predicted molar refractivity (Wildman–Crippen MR) is 142 cm³/mol. The summed E-state index contributed by atoms with van der Waals surface area (Å²) < 4.78 is 1.09. The fraction of sp³-hybridized carbons (Fsp3) is 0.407. The first-order chi connectivity index (χ1) is 17.6. The lowest BCUT2D eigenvalue weighted by Gasteiger charge is -2.27. The number of rotatable bonds is 6. The molecule has 0 unspecified atom stereocenters. The van der Waals surface area contributed by atoms with Crippen LogP contribution < -0.4 is 0 Å². The highest BCUT2D eigenvalue weighted by Crippen LogP contribution is 2.36. The average Bonchev–Trinajstić information content (AvgIpc) is 3.54. The second-order valence-corrected chi connectivity index (χ2v) is 11.7. The van der Waals surface area contributed by atoms with E-state index in [1.54, 1.807) is 29.4 Å². The third-order valence-electron chi connectivity index (χ3n) is 7.33. The monoisotopic (exact) mass is 516 g/mol. The van der Waals surface area contributed by atoms with E-state index in [0.717, 1.165) is 57.0 Å². The third kappa shape index (κ3) is 4.99. The highest BCUT2D eigenvalue weighted by molar-refractivity contribution is 7.98. The maximum absolute atomic E-state index is 13.2. The zero-order valence-electron chi connectivity index (χ0n) is 20.3. The number of aromatic nitrogens is 5. The molecule has 4 aromatic rings. The third-order valence-corrected chi connectivity index (χ3v) is 9.05. The van der Waals surface area contributed by atoms with Crippen LogP contribution in [0.15, 0.2) is 48.0 Å². The van der Waals surface area contributed by atoms with E-state index >= 15 is 0 Å². The van der Waals surface area contributed by atoms with E-state index in [1.807, 2.05) is 47.9 Å². The van der Waals surface area contributed by atoms with Crippen LogP contribution in [0.25, 0.3) is 10.2 Å². The molecule has 2 aliphatic rings. The van der Waals surface area contributed by atoms with Crippen LogP contribution in [-0.2, 0) is 25.8 Å². The van der Waals surface area contributed by atoms with Gasteiger partial charge in [0.2, 0.25) is 0 Å². The summed E-state index contributed by atoms with van der Waals surface area (Å²) in [7, 11) is 0. The number of hydrogen-bond donors (Lipinski definition) is 0. The van der Waals surface area contributed by atoms with Crippen molar-refractivity contribution >= 4 is 39.2 Å². The van der Waals surface area contributed by atoms with Gasteiger partial charge in [0.15, 0.2) is 0 Å². The van der Waals surface area contributed by atoms with Gasteiger partial charge in [-0.05, 0) is 55.6 Å². The molecule has 1 saturated carbocycles. The van der Waals surface area contributed by atoms with Gasteiger partial charge in [0.05, 0.1) is 20.9 Å². The van der Waals surface area contributed by atoms with Crippen LogP contribution in [0.2, 0.25) is 0 Å². The number of thiazole rings is 1. The van der Waals surface area contributed by atoms with E-state index in [0.29, 0.717) is 24.9 Å². The van der Waals surface area contributed by atoms with Crippen molar-refractivity contribution in [3.63, 3.8) is 0 Å². The molecule has 0 N–H and O–H groups in total. The van der Waals surface area contributed by atoms with Gasteiger partial charge in [-0.25, -0.2) is 24.9 Å². The largest absolute Gasteiger partial charge is 0.334 e. The minimum Gasteiger partial charge on any atom is -0.334 e. The molecule has 0 radical (unpaired) electrons. The van der Waals surface area contributed by atoms with Crippen LogP contribution in [0, 0.1) is 11.8 Å². The quantitative estimate of drug-likeness (QED) is 0.334. The fourth-order valence-electron chi connectivity index (χ4n) is 5.42. The summed E-state index contributed by atoms with van der Waals surface area (Å²) in [4.78, 5) is 38.7. The van der Waals surface area contributed by atoms with E-state index < -0.39 is 0 Å². The van der Waals surface area contributed by atoms with Gasteiger partial charge in [0.25, 0.3) is 5.91 Å². The molecule has 1 amide bonds. The van der Waals surface area contributed by atoms with Gasteiger partial charge in [0.1, 0.15) is 12.2 Å². The number of carbonyl (C=O) groups excluding carboxylic acids is 1. The number of benzene rings is 1. The first-order valence-electron chi connectivity index (χ1n) is 12.5. The predicted octanol–water partition coefficient (Wildman–Crippen LogP) is 5.00. The summed E-state index contributed by atoms with van der Waals surface area (Å²) in [6.07, 6.45) is 15.7. The molecular weight excluding hydrogens is 488 g/mol. The van der Waals surface area contributed by atoms with Gasteiger partial charge in [-0.3, -0.25) is 4.79 Å². The minimum atomic E-state index is 0.0627. The standard InChI is InChI=1S/C27H28N6OS2/c1-35-21-13-29-25(30-14-21)9-17-2-3-18(8-17)10-26-32-23-5-4-19(11-24(23)36-26)27(34)33-7-6-22-20(15-33)12-28-16-31-22/h4-5,11-14,16-18H,2-3,6-10,15H2,1H3/t17-,18-/m0/s1. The Morgan fingerprint density at radius 1 is 1.11 bits per heavy atom. The lowest BCUT2D eigenvalue weighted by Crippen LogP contribution is -2.36. The Kier molecular flexibility index (Phi) is 6.67. The molecule has 2 atom stereocenters. The fourth-order valence-corrected chi connectivity index (χ4v) is 6.86. The van der Waals surface area contributed by atoms with Crippen LogP contribution in [0.3, 0.4) is 0 Å². The smallest absolute Gasteiger partial charge is 0.254 e. The normalized spacial score (nSPS) is 19.5. The Hall–Kier alpha value is -2.91. The van der Waals surface area contributed by atoms with Crippen LogP contribution in [-0.4, -0.2) is 48.5 Å². The molecule has 6 rings (SSSR count). The highest BCUT2D eigenvalue weighted by atomic mass is 32.2. The lowest BCUT2D eigenvalue weighted by atomic mass is 9.99. The van der Waals surface area contributed by atoms with E-state index in [-0.39, 0.29) is 5.91 Å². The van der Waals surface area contributed by atoms with E-state index in [2.05, 4.69) is 19.9 Å². The van der Waals surface area contributed by atoms with Gasteiger partial charge in [-0.2, -0.15) is 0 Å². The summed E-state index contributed by atoms with van der Waals surface area (Å²) in [5, 5.41) is 1.17. The molecule has 184 valence electrons. The molecule has 36 heavy (non-hydrogen) atoms. The van der Waals surface area contributed by atoms with Gasteiger partial charge in [-0.1, -0.05) is 0 Å². The number of carbonyl (C=O) groups is 1. The average molecular weight is 517 g/mol. The summed E-state index contributed by atoms with van der Waals surface area (Å²) in [6.45, 7) is 1.25. The van der Waals surface area contributed by atoms with Gasteiger partial charge in [0, 0.05) is 67.0 Å². The van der Waals surface area contributed by atoms with Crippen molar-refractivity contribution in [2.45, 2.75) is 50.0 Å². The second kappa shape index (κ2) is 10.2. The minimum absolute atomic E-state index is 0.0627. The van der Waals surface area contributed by atoms with Gasteiger partial charge >= 0.3 is 0 Å². The Balaban J connectivity index is 1.09. The van der Waals surface area contributed by atoms with Crippen LogP contribution in [0.5, 0.6) is 0 Å². The van der Waals surface area contributed by atoms with Crippen molar-refractivity contribution in [1.29, 1.82) is 0 Å². The SMILES string of the molecule is CSc1cnc(C[C@H]2CC[C@H](Cc3nc4ccc(C(=O)N5CCc6ncncc6C5)cc4s3)C2)nc1. The van der Waals surface area contributed by atoms with E-state index in [1.165, 1.54) is 24.3 Å². The molecule has 1 aromatic carbocycles. The number of nitrogens with zero attached hydrogens (tertiary/aromatic N) is 6. The molecule has 4 heterocycles. The Bertz CT molecular complexity index is 1390. The summed E-state index contributed by atoms with van der Waals surface area (Å²) >= 11 is 3.41. The van der Waals surface area contributed by atoms with Crippen LogP contribution >= 0.6 is 23.1 Å². The highest BCUT2D eigenvalue weighted by Gasteiger charge is 2.27. The molecule has 1 fully saturated rings. The van der Waals surface area contributed by atoms with Crippen LogP contribution in [0.4, 0.5) is 0 Å². The first kappa shape index (κ1) is 23.5. The Morgan fingerprint density at radius 2 is 1.94 bits per heavy atom. The molecule has 3 aromatic heterocycles. The summed E-state index contributed by atoms with van der Waals surface area (Å²) in [6, 6.07) is 5.93. The molecule has 1 aliphatic carbocycles. The lowest BCUT2D eigenvalue weighted by molar-refractivity contribution is 0.0733. The van der Waals surface area contributed by atoms with Crippen molar-refractivity contribution in [3.8, 4) is 0 Å². The summed E-state index contributed by atoms with van der Waals surface area (Å²) in [5.41, 5.74) is 3.80. The maximum Gasteiger partial charge on any atom is 0.254 e. The number of thioether (sulfide) groups is 1. The molecule has 1 aliphatic heterocycles. The van der Waals surface area contributed by atoms with E-state index in [9.17, 15) is 4.79 Å². The molecule has 0 bridgehead atoms. The zero-order chi connectivity index (χ0) is 24.5. The Morgan fingerprint density at radius 3 is 2.78 bits per heavy atom. The van der Waals surface area contributed by atoms with Crippen molar-refractivity contribution in [2.75, 3.05) is 12.8 Å². The van der Waals surface area contributed by atoms with Gasteiger partial charge in [-0.15, -0.1) is 23.1 Å². The van der Waals surface area contributed by atoms with Crippen molar-refractivity contribution < 1.29 is 4.79 Å². The van der Waals surface area contributed by atoms with Crippen molar-refractivity contribution in [1.82, 2.24) is 29.8 Å². The topological polar surface area (TPSA) is 84.8 Å². The Labute approximate surface area is 218 Å². The summed E-state index contributed by atoms with van der Waals surface area (Å²) in [5.74, 6) is 2.32. The number of hydrogen-bond acceptors (Lipinski definition) is 8. The number of amides is 1. The number of fused-ring (bicyclic) bond motifs is 2. The van der Waals surface area contributed by atoms with Gasteiger partial charge < -0.3 is 4.90 Å². The van der Waals surface area contributed by atoms with Crippen molar-refractivity contribution in [3.05, 3.63) is 70.8 Å². The molecule has 0 saturated heterocycles. The molecule has 0 spiro atoms.